The van der Waals surface area contributed by atoms with E-state index in [0.717, 1.165) is 5.56 Å². The predicted octanol–water partition coefficient (Wildman–Crippen LogP) is -0.0631. The average molecular weight is 208 g/mol. The largest absolute Gasteiger partial charge is 0.468 e. The van der Waals surface area contributed by atoms with Crippen LogP contribution in [0.1, 0.15) is 15.9 Å². The number of aromatic nitrogens is 1. The van der Waals surface area contributed by atoms with E-state index >= 15 is 0 Å². The van der Waals surface area contributed by atoms with Crippen molar-refractivity contribution in [1.29, 1.82) is 0 Å². The fourth-order valence-electron chi connectivity index (χ4n) is 1.17. The molecule has 0 bridgehead atoms. The van der Waals surface area contributed by atoms with Gasteiger partial charge >= 0.3 is 5.97 Å². The molecule has 1 aromatic heterocycles. The van der Waals surface area contributed by atoms with E-state index in [1.807, 2.05) is 0 Å². The van der Waals surface area contributed by atoms with Crippen LogP contribution in [0.15, 0.2) is 18.5 Å². The highest BCUT2D eigenvalue weighted by Gasteiger charge is 2.14. The lowest BCUT2D eigenvalue weighted by molar-refractivity contribution is -0.142. The summed E-state index contributed by atoms with van der Waals surface area (Å²) in [4.78, 5) is 25.4. The number of hydrogen-bond acceptors (Lipinski definition) is 5. The van der Waals surface area contributed by atoms with E-state index in [1.165, 1.54) is 13.3 Å². The lowest BCUT2D eigenvalue weighted by Crippen LogP contribution is -2.33. The van der Waals surface area contributed by atoms with Gasteiger partial charge in [0.1, 0.15) is 6.04 Å². The molecule has 80 valence electrons. The van der Waals surface area contributed by atoms with Crippen LogP contribution in [0.3, 0.4) is 0 Å². The molecule has 15 heavy (non-hydrogen) atoms. The van der Waals surface area contributed by atoms with Gasteiger partial charge in [-0.25, -0.2) is 0 Å². The Morgan fingerprint density at radius 2 is 2.40 bits per heavy atom. The lowest BCUT2D eigenvalue weighted by Gasteiger charge is -2.08. The van der Waals surface area contributed by atoms with Crippen LogP contribution in [0.4, 0.5) is 0 Å². The summed E-state index contributed by atoms with van der Waals surface area (Å²) in [5.41, 5.74) is 6.76. The Bertz CT molecular complexity index is 365. The highest BCUT2D eigenvalue weighted by atomic mass is 16.5. The summed E-state index contributed by atoms with van der Waals surface area (Å²) in [5.74, 6) is -0.480. The molecule has 0 aliphatic heterocycles. The molecule has 0 fully saturated rings. The molecule has 0 unspecified atom stereocenters. The second kappa shape index (κ2) is 5.21. The summed E-state index contributed by atoms with van der Waals surface area (Å²) < 4.78 is 4.49. The smallest absolute Gasteiger partial charge is 0.322 e. The van der Waals surface area contributed by atoms with Gasteiger partial charge in [-0.15, -0.1) is 0 Å². The van der Waals surface area contributed by atoms with Crippen molar-refractivity contribution in [2.75, 3.05) is 7.11 Å². The number of carbonyl (C=O) groups excluding carboxylic acids is 2. The normalized spacial score (nSPS) is 11.9. The van der Waals surface area contributed by atoms with Gasteiger partial charge < -0.3 is 10.5 Å². The Labute approximate surface area is 87.3 Å². The van der Waals surface area contributed by atoms with E-state index in [1.54, 1.807) is 12.3 Å². The number of esters is 1. The van der Waals surface area contributed by atoms with E-state index in [0.29, 0.717) is 18.3 Å². The first-order chi connectivity index (χ1) is 7.17. The van der Waals surface area contributed by atoms with Crippen LogP contribution < -0.4 is 5.73 Å². The van der Waals surface area contributed by atoms with Crippen molar-refractivity contribution in [2.45, 2.75) is 12.5 Å². The molecule has 0 aromatic carbocycles. The van der Waals surface area contributed by atoms with Crippen molar-refractivity contribution >= 4 is 12.3 Å². The zero-order chi connectivity index (χ0) is 11.3. The van der Waals surface area contributed by atoms with Gasteiger partial charge in [-0.1, -0.05) is 0 Å². The number of aldehydes is 1. The number of hydrogen-bond donors (Lipinski definition) is 1. The predicted molar refractivity (Wildman–Crippen MR) is 53.3 cm³/mol. The molecule has 1 rings (SSSR count). The van der Waals surface area contributed by atoms with Crippen molar-refractivity contribution < 1.29 is 14.3 Å². The molecule has 5 nitrogen and oxygen atoms in total. The second-order valence-corrected chi connectivity index (χ2v) is 3.08. The Morgan fingerprint density at radius 3 is 3.00 bits per heavy atom. The molecule has 0 amide bonds. The third-order valence-corrected chi connectivity index (χ3v) is 1.91. The van der Waals surface area contributed by atoms with E-state index in [2.05, 4.69) is 9.72 Å². The van der Waals surface area contributed by atoms with E-state index < -0.39 is 12.0 Å². The van der Waals surface area contributed by atoms with Gasteiger partial charge in [0.2, 0.25) is 0 Å². The number of carbonyl (C=O) groups is 2. The molecular formula is C10H12N2O3. The van der Waals surface area contributed by atoms with Crippen LogP contribution in [-0.4, -0.2) is 30.4 Å². The van der Waals surface area contributed by atoms with Crippen molar-refractivity contribution in [3.8, 4) is 0 Å². The second-order valence-electron chi connectivity index (χ2n) is 3.08. The molecule has 0 spiro atoms. The first-order valence-corrected chi connectivity index (χ1v) is 4.40. The highest BCUT2D eigenvalue weighted by Crippen LogP contribution is 2.04. The molecule has 2 N–H and O–H groups in total. The highest BCUT2D eigenvalue weighted by molar-refractivity contribution is 5.76. The van der Waals surface area contributed by atoms with E-state index in [4.69, 9.17) is 5.73 Å². The summed E-state index contributed by atoms with van der Waals surface area (Å²) in [6.45, 7) is 0. The van der Waals surface area contributed by atoms with Gasteiger partial charge in [-0.05, 0) is 18.1 Å². The third kappa shape index (κ3) is 3.14. The molecule has 0 aliphatic rings. The van der Waals surface area contributed by atoms with Crippen LogP contribution in [0.5, 0.6) is 0 Å². The summed E-state index contributed by atoms with van der Waals surface area (Å²) in [5, 5.41) is 0. The Hall–Kier alpha value is -1.75. The summed E-state index contributed by atoms with van der Waals surface area (Å²) in [7, 11) is 1.28. The third-order valence-electron chi connectivity index (χ3n) is 1.91. The summed E-state index contributed by atoms with van der Waals surface area (Å²) in [6, 6.07) is 0.918. The fraction of sp³-hybridized carbons (Fsp3) is 0.300. The molecule has 1 heterocycles. The molecular weight excluding hydrogens is 196 g/mol. The quantitative estimate of drug-likeness (QED) is 0.553. The number of nitrogens with two attached hydrogens (primary N) is 1. The fourth-order valence-corrected chi connectivity index (χ4v) is 1.17. The number of rotatable bonds is 4. The zero-order valence-electron chi connectivity index (χ0n) is 8.34. The van der Waals surface area contributed by atoms with Crippen LogP contribution in [-0.2, 0) is 16.0 Å². The first-order valence-electron chi connectivity index (χ1n) is 4.40. The van der Waals surface area contributed by atoms with Crippen LogP contribution >= 0.6 is 0 Å². The minimum absolute atomic E-state index is 0.307. The Morgan fingerprint density at radius 1 is 1.67 bits per heavy atom. The maximum absolute atomic E-state index is 11.0. The van der Waals surface area contributed by atoms with Crippen LogP contribution in [0.25, 0.3) is 0 Å². The monoisotopic (exact) mass is 208 g/mol. The van der Waals surface area contributed by atoms with Gasteiger partial charge in [0.05, 0.1) is 7.11 Å². The average Bonchev–Trinajstić information content (AvgIpc) is 2.28. The number of pyridine rings is 1. The van der Waals surface area contributed by atoms with Crippen molar-refractivity contribution in [3.05, 3.63) is 29.6 Å². The zero-order valence-corrected chi connectivity index (χ0v) is 8.34. The number of nitrogens with zero attached hydrogens (tertiary/aromatic N) is 1. The van der Waals surface area contributed by atoms with Crippen LogP contribution in [0.2, 0.25) is 0 Å². The Kier molecular flexibility index (Phi) is 3.93. The summed E-state index contributed by atoms with van der Waals surface area (Å²) in [6.07, 6.45) is 4.01. The molecule has 1 aromatic rings. The molecule has 5 heteroatoms. The number of methoxy groups -OCH3 is 1. The molecule has 0 saturated carbocycles. The van der Waals surface area contributed by atoms with E-state index in [9.17, 15) is 9.59 Å². The maximum atomic E-state index is 11.0. The SMILES string of the molecule is COC(=O)[C@H](N)Cc1cncc(C=O)c1. The minimum atomic E-state index is -0.723. The lowest BCUT2D eigenvalue weighted by atomic mass is 10.1. The molecule has 0 saturated heterocycles. The molecule has 0 radical (unpaired) electrons. The van der Waals surface area contributed by atoms with Gasteiger partial charge in [-0.2, -0.15) is 0 Å². The topological polar surface area (TPSA) is 82.3 Å². The van der Waals surface area contributed by atoms with Crippen molar-refractivity contribution in [3.63, 3.8) is 0 Å². The summed E-state index contributed by atoms with van der Waals surface area (Å²) >= 11 is 0. The van der Waals surface area contributed by atoms with Gasteiger partial charge in [0.25, 0.3) is 0 Å². The standard InChI is InChI=1S/C10H12N2O3/c1-15-10(14)9(11)3-7-2-8(6-13)5-12-4-7/h2,4-6,9H,3,11H2,1H3/t9-/m1/s1. The first kappa shape index (κ1) is 11.3. The van der Waals surface area contributed by atoms with Gasteiger partial charge in [0, 0.05) is 18.0 Å². The minimum Gasteiger partial charge on any atom is -0.468 e. The Balaban J connectivity index is 2.71. The van der Waals surface area contributed by atoms with Crippen molar-refractivity contribution in [2.24, 2.45) is 5.73 Å². The van der Waals surface area contributed by atoms with Crippen molar-refractivity contribution in [1.82, 2.24) is 4.98 Å². The van der Waals surface area contributed by atoms with E-state index in [-0.39, 0.29) is 0 Å². The van der Waals surface area contributed by atoms with Crippen LogP contribution in [0, 0.1) is 0 Å². The van der Waals surface area contributed by atoms with Gasteiger partial charge in [-0.3, -0.25) is 14.6 Å². The number of ether oxygens (including phenoxy) is 1. The molecule has 1 atom stereocenters. The molecule has 0 aliphatic carbocycles. The van der Waals surface area contributed by atoms with Gasteiger partial charge in [0.15, 0.2) is 6.29 Å². The maximum Gasteiger partial charge on any atom is 0.322 e.